The number of hydrogen-bond donors (Lipinski definition) is 1. The molecule has 0 amide bonds. The minimum absolute atomic E-state index is 0.00299. The summed E-state index contributed by atoms with van der Waals surface area (Å²) >= 11 is 0. The van der Waals surface area contributed by atoms with Crippen molar-refractivity contribution in [1.29, 1.82) is 0 Å². The lowest BCUT2D eigenvalue weighted by atomic mass is 9.45. The zero-order chi connectivity index (χ0) is 19.1. The van der Waals surface area contributed by atoms with Crippen molar-refractivity contribution in [3.63, 3.8) is 0 Å². The average Bonchev–Trinajstić information content (AvgIpc) is 2.97. The summed E-state index contributed by atoms with van der Waals surface area (Å²) in [5.74, 6) is 3.56. The van der Waals surface area contributed by atoms with E-state index in [-0.39, 0.29) is 5.41 Å². The number of oxime groups is 1. The first kappa shape index (κ1) is 19.4. The Kier molecular flexibility index (Phi) is 5.39. The maximum absolute atomic E-state index is 12.5. The first-order valence-electron chi connectivity index (χ1n) is 11.4. The van der Waals surface area contributed by atoms with E-state index >= 15 is 0 Å². The molecule has 4 saturated carbocycles. The third-order valence-corrected chi connectivity index (χ3v) is 9.09. The van der Waals surface area contributed by atoms with E-state index in [2.05, 4.69) is 19.0 Å². The second kappa shape index (κ2) is 7.50. The Balaban J connectivity index is 1.42. The molecule has 152 valence electrons. The van der Waals surface area contributed by atoms with E-state index in [0.29, 0.717) is 23.7 Å². The van der Waals surface area contributed by atoms with Crippen LogP contribution in [0.5, 0.6) is 0 Å². The van der Waals surface area contributed by atoms with Crippen molar-refractivity contribution in [2.75, 3.05) is 13.2 Å². The molecule has 4 aliphatic carbocycles. The van der Waals surface area contributed by atoms with E-state index in [0.717, 1.165) is 69.2 Å². The molecule has 0 heterocycles. The fourth-order valence-electron chi connectivity index (χ4n) is 7.36. The lowest BCUT2D eigenvalue weighted by Gasteiger charge is -2.59. The quantitative estimate of drug-likeness (QED) is 0.560. The minimum Gasteiger partial charge on any atom is -0.396 e. The summed E-state index contributed by atoms with van der Waals surface area (Å²) in [4.78, 5) is 18.1. The van der Waals surface area contributed by atoms with Crippen LogP contribution in [-0.4, -0.2) is 24.6 Å². The molecule has 27 heavy (non-hydrogen) atoms. The highest BCUT2D eigenvalue weighted by Crippen LogP contribution is 2.65. The lowest BCUT2D eigenvalue weighted by molar-refractivity contribution is -0.137. The average molecular weight is 375 g/mol. The highest BCUT2D eigenvalue weighted by Gasteiger charge is 2.60. The molecule has 4 fully saturated rings. The molecule has 4 unspecified atom stereocenters. The van der Waals surface area contributed by atoms with Crippen LogP contribution in [0.4, 0.5) is 0 Å². The molecule has 0 saturated heterocycles. The third kappa shape index (κ3) is 3.26. The molecular formula is C23H38N2O2. The van der Waals surface area contributed by atoms with Gasteiger partial charge in [0.15, 0.2) is 0 Å². The Morgan fingerprint density at radius 1 is 1.07 bits per heavy atom. The van der Waals surface area contributed by atoms with Gasteiger partial charge < -0.3 is 10.6 Å². The summed E-state index contributed by atoms with van der Waals surface area (Å²) in [6.07, 6.45) is 12.5. The molecule has 2 N–H and O–H groups in total. The molecule has 4 rings (SSSR count). The van der Waals surface area contributed by atoms with Gasteiger partial charge in [-0.3, -0.25) is 4.79 Å². The van der Waals surface area contributed by atoms with Gasteiger partial charge in [0, 0.05) is 11.8 Å². The number of unbranched alkanes of at least 4 members (excludes halogenated alkanes) is 1. The number of carbonyl (C=O) groups excluding carboxylic acids is 1. The van der Waals surface area contributed by atoms with Gasteiger partial charge in [0.2, 0.25) is 0 Å². The predicted molar refractivity (Wildman–Crippen MR) is 108 cm³/mol. The molecule has 0 aromatic carbocycles. The maximum atomic E-state index is 12.5. The van der Waals surface area contributed by atoms with Crippen LogP contribution in [0, 0.1) is 34.5 Å². The standard InChI is InChI=1S/C23H38N2O2/c1-22-11-9-17(25-27-14-4-3-13-24)15-16(22)5-6-18-19-7-8-21(26)23(19,2)12-10-20(18)22/h16,18-20H,3-15,24H2,1-2H3/t16?,18?,19?,20?,22-,23-/m0/s1. The predicted octanol–water partition coefficient (Wildman–Crippen LogP) is 4.71. The van der Waals surface area contributed by atoms with E-state index in [4.69, 9.17) is 10.6 Å². The molecule has 0 bridgehead atoms. The summed E-state index contributed by atoms with van der Waals surface area (Å²) < 4.78 is 0. The van der Waals surface area contributed by atoms with Crippen molar-refractivity contribution < 1.29 is 9.63 Å². The van der Waals surface area contributed by atoms with Crippen LogP contribution in [0.1, 0.15) is 84.5 Å². The van der Waals surface area contributed by atoms with Crippen LogP contribution in [0.15, 0.2) is 5.16 Å². The highest BCUT2D eigenvalue weighted by atomic mass is 16.6. The van der Waals surface area contributed by atoms with E-state index in [1.54, 1.807) is 0 Å². The summed E-state index contributed by atoms with van der Waals surface area (Å²) in [5.41, 5.74) is 7.25. The number of fused-ring (bicyclic) bond motifs is 5. The van der Waals surface area contributed by atoms with Crippen molar-refractivity contribution in [2.24, 2.45) is 45.4 Å². The van der Waals surface area contributed by atoms with Gasteiger partial charge in [-0.05, 0) is 99.8 Å². The number of ketones is 1. The van der Waals surface area contributed by atoms with Crippen molar-refractivity contribution in [3.05, 3.63) is 0 Å². The highest BCUT2D eigenvalue weighted by molar-refractivity contribution is 5.87. The topological polar surface area (TPSA) is 64.7 Å². The van der Waals surface area contributed by atoms with Crippen LogP contribution in [-0.2, 0) is 9.63 Å². The molecule has 0 aliphatic heterocycles. The van der Waals surface area contributed by atoms with Gasteiger partial charge in [0.25, 0.3) is 0 Å². The molecule has 0 radical (unpaired) electrons. The lowest BCUT2D eigenvalue weighted by Crippen LogP contribution is -2.53. The van der Waals surface area contributed by atoms with Gasteiger partial charge in [-0.25, -0.2) is 0 Å². The molecule has 6 atom stereocenters. The van der Waals surface area contributed by atoms with Gasteiger partial charge in [-0.2, -0.15) is 0 Å². The van der Waals surface area contributed by atoms with Gasteiger partial charge in [0.1, 0.15) is 12.4 Å². The van der Waals surface area contributed by atoms with Gasteiger partial charge >= 0.3 is 0 Å². The molecule has 4 heteroatoms. The largest absolute Gasteiger partial charge is 0.396 e. The first-order chi connectivity index (χ1) is 13.0. The second-order valence-electron chi connectivity index (χ2n) is 10.3. The third-order valence-electron chi connectivity index (χ3n) is 9.09. The fourth-order valence-corrected chi connectivity index (χ4v) is 7.36. The minimum atomic E-state index is 0.00299. The van der Waals surface area contributed by atoms with Gasteiger partial charge in [-0.15, -0.1) is 0 Å². The Morgan fingerprint density at radius 2 is 1.93 bits per heavy atom. The Bertz CT molecular complexity index is 603. The van der Waals surface area contributed by atoms with Crippen molar-refractivity contribution in [1.82, 2.24) is 0 Å². The summed E-state index contributed by atoms with van der Waals surface area (Å²) in [6, 6.07) is 0. The number of rotatable bonds is 5. The smallest absolute Gasteiger partial charge is 0.139 e. The summed E-state index contributed by atoms with van der Waals surface area (Å²) in [7, 11) is 0. The zero-order valence-corrected chi connectivity index (χ0v) is 17.3. The second-order valence-corrected chi connectivity index (χ2v) is 10.3. The van der Waals surface area contributed by atoms with Gasteiger partial charge in [-0.1, -0.05) is 19.0 Å². The van der Waals surface area contributed by atoms with E-state index in [1.165, 1.54) is 31.4 Å². The summed E-state index contributed by atoms with van der Waals surface area (Å²) in [6.45, 7) is 6.27. The molecular weight excluding hydrogens is 336 g/mol. The molecule has 0 aromatic heterocycles. The number of Topliss-reactive ketones (excluding diaryl/α,β-unsaturated/α-hetero) is 1. The normalized spacial score (nSPS) is 45.3. The van der Waals surface area contributed by atoms with Crippen LogP contribution in [0.25, 0.3) is 0 Å². The molecule has 4 nitrogen and oxygen atoms in total. The number of nitrogens with zero attached hydrogens (tertiary/aromatic N) is 1. The molecule has 4 aliphatic rings. The SMILES string of the molecule is C[C@]12CCC(=NOCCCCN)CC1CCC1C2CC[C@]2(C)C(=O)CCC12. The van der Waals surface area contributed by atoms with E-state index in [9.17, 15) is 4.79 Å². The summed E-state index contributed by atoms with van der Waals surface area (Å²) in [5, 5.41) is 4.49. The van der Waals surface area contributed by atoms with Crippen molar-refractivity contribution in [2.45, 2.75) is 84.5 Å². The van der Waals surface area contributed by atoms with Crippen molar-refractivity contribution in [3.8, 4) is 0 Å². The molecule has 0 spiro atoms. The molecule has 0 aromatic rings. The van der Waals surface area contributed by atoms with Crippen LogP contribution < -0.4 is 5.73 Å². The maximum Gasteiger partial charge on any atom is 0.139 e. The van der Waals surface area contributed by atoms with Gasteiger partial charge in [0.05, 0.1) is 5.71 Å². The van der Waals surface area contributed by atoms with Crippen molar-refractivity contribution >= 4 is 11.5 Å². The monoisotopic (exact) mass is 374 g/mol. The Hall–Kier alpha value is -0.900. The Labute approximate surface area is 164 Å². The van der Waals surface area contributed by atoms with Crippen LogP contribution in [0.3, 0.4) is 0 Å². The van der Waals surface area contributed by atoms with E-state index < -0.39 is 0 Å². The van der Waals surface area contributed by atoms with Crippen LogP contribution in [0.2, 0.25) is 0 Å². The number of nitrogens with two attached hydrogens (primary N) is 1. The number of hydrogen-bond acceptors (Lipinski definition) is 4. The Morgan fingerprint density at radius 3 is 2.74 bits per heavy atom. The number of carbonyl (C=O) groups is 1. The fraction of sp³-hybridized carbons (Fsp3) is 0.913. The zero-order valence-electron chi connectivity index (χ0n) is 17.3. The first-order valence-corrected chi connectivity index (χ1v) is 11.4. The van der Waals surface area contributed by atoms with E-state index in [1.807, 2.05) is 0 Å². The van der Waals surface area contributed by atoms with Crippen LogP contribution >= 0.6 is 0 Å².